The van der Waals surface area contributed by atoms with Crippen LogP contribution in [0.2, 0.25) is 0 Å². The van der Waals surface area contributed by atoms with Gasteiger partial charge in [0.2, 0.25) is 11.9 Å². The molecule has 1 unspecified atom stereocenters. The molecule has 1 heterocycles. The van der Waals surface area contributed by atoms with Crippen LogP contribution in [0.3, 0.4) is 0 Å². The van der Waals surface area contributed by atoms with Crippen LogP contribution in [0.25, 0.3) is 11.0 Å². The van der Waals surface area contributed by atoms with E-state index in [0.717, 1.165) is 23.4 Å². The van der Waals surface area contributed by atoms with Crippen LogP contribution in [0.4, 0.5) is 5.95 Å². The molecule has 1 aromatic carbocycles. The Labute approximate surface area is 151 Å². The third-order valence-electron chi connectivity index (χ3n) is 5.28. The normalized spacial score (nSPS) is 16.7. The van der Waals surface area contributed by atoms with E-state index in [2.05, 4.69) is 62.7 Å². The first-order valence-electron chi connectivity index (χ1n) is 9.60. The summed E-state index contributed by atoms with van der Waals surface area (Å²) < 4.78 is 2.27. The molecule has 25 heavy (non-hydrogen) atoms. The van der Waals surface area contributed by atoms with Crippen molar-refractivity contribution in [2.75, 3.05) is 5.32 Å². The van der Waals surface area contributed by atoms with Crippen LogP contribution in [0, 0.1) is 5.41 Å². The Morgan fingerprint density at radius 1 is 1.36 bits per heavy atom. The molecule has 1 aliphatic carbocycles. The largest absolute Gasteiger partial charge is 0.307 e. The molecule has 1 atom stereocenters. The van der Waals surface area contributed by atoms with E-state index in [1.165, 1.54) is 24.8 Å². The maximum Gasteiger partial charge on any atom is 0.227 e. The molecule has 1 saturated carbocycles. The lowest BCUT2D eigenvalue weighted by atomic mass is 9.92. The van der Waals surface area contributed by atoms with Gasteiger partial charge >= 0.3 is 0 Å². The van der Waals surface area contributed by atoms with Crippen LogP contribution < -0.4 is 5.32 Å². The number of benzene rings is 1. The third kappa shape index (κ3) is 3.88. The maximum atomic E-state index is 12.4. The van der Waals surface area contributed by atoms with Crippen molar-refractivity contribution in [2.24, 2.45) is 5.41 Å². The minimum absolute atomic E-state index is 0.0267. The van der Waals surface area contributed by atoms with Gasteiger partial charge in [-0.3, -0.25) is 10.1 Å². The minimum Gasteiger partial charge on any atom is -0.307 e. The van der Waals surface area contributed by atoms with E-state index in [0.29, 0.717) is 18.4 Å². The van der Waals surface area contributed by atoms with E-state index in [9.17, 15) is 4.79 Å². The van der Waals surface area contributed by atoms with Gasteiger partial charge in [0.1, 0.15) is 0 Å². The second kappa shape index (κ2) is 6.81. The van der Waals surface area contributed by atoms with Crippen LogP contribution in [-0.4, -0.2) is 15.5 Å². The molecular formula is C21H31N3O. The Kier molecular flexibility index (Phi) is 4.90. The number of amides is 1. The van der Waals surface area contributed by atoms with E-state index in [1.54, 1.807) is 0 Å². The number of rotatable bonds is 5. The molecule has 1 amide bonds. The molecule has 0 spiro atoms. The lowest BCUT2D eigenvalue weighted by Crippen LogP contribution is -2.24. The molecule has 1 aliphatic rings. The van der Waals surface area contributed by atoms with Gasteiger partial charge in [-0.2, -0.15) is 0 Å². The molecule has 2 aromatic rings. The smallest absolute Gasteiger partial charge is 0.227 e. The van der Waals surface area contributed by atoms with Crippen molar-refractivity contribution in [2.45, 2.75) is 78.7 Å². The molecular weight excluding hydrogens is 310 g/mol. The fourth-order valence-corrected chi connectivity index (χ4v) is 3.41. The Bertz CT molecular complexity index is 765. The topological polar surface area (TPSA) is 46.9 Å². The van der Waals surface area contributed by atoms with E-state index >= 15 is 0 Å². The monoisotopic (exact) mass is 341 g/mol. The molecule has 1 fully saturated rings. The Balaban J connectivity index is 1.98. The number of hydrogen-bond donors (Lipinski definition) is 1. The lowest BCUT2D eigenvalue weighted by molar-refractivity contribution is -0.117. The van der Waals surface area contributed by atoms with Gasteiger partial charge in [0.15, 0.2) is 0 Å². The lowest BCUT2D eigenvalue weighted by Gasteiger charge is -2.29. The van der Waals surface area contributed by atoms with Crippen molar-refractivity contribution in [3.63, 3.8) is 0 Å². The number of carbonyl (C=O) groups excluding carboxylic acids is 1. The Hall–Kier alpha value is -1.84. The summed E-state index contributed by atoms with van der Waals surface area (Å²) in [4.78, 5) is 17.2. The zero-order valence-corrected chi connectivity index (χ0v) is 16.2. The van der Waals surface area contributed by atoms with Crippen molar-refractivity contribution in [1.82, 2.24) is 9.55 Å². The summed E-state index contributed by atoms with van der Waals surface area (Å²) in [7, 11) is 0. The van der Waals surface area contributed by atoms with Gasteiger partial charge in [-0.1, -0.05) is 40.7 Å². The van der Waals surface area contributed by atoms with E-state index in [-0.39, 0.29) is 11.3 Å². The van der Waals surface area contributed by atoms with E-state index < -0.39 is 0 Å². The average molecular weight is 341 g/mol. The minimum atomic E-state index is -0.0267. The molecule has 4 nitrogen and oxygen atoms in total. The number of carbonyl (C=O) groups is 1. The molecule has 1 N–H and O–H groups in total. The van der Waals surface area contributed by atoms with E-state index in [4.69, 9.17) is 4.98 Å². The number of nitrogens with zero attached hydrogens (tertiary/aromatic N) is 2. The standard InChI is InChI=1S/C21H31N3O/c1-6-14(2)15-10-11-17-18(12-15)24(16-8-7-9-16)20(22-17)23-19(25)13-21(3,4)5/h10-12,14,16H,6-9,13H2,1-5H3,(H,22,23,25). The SMILES string of the molecule is CCC(C)c1ccc2nc(NC(=O)CC(C)(C)C)n(C3CCC3)c2c1. The van der Waals surface area contributed by atoms with Gasteiger partial charge in [-0.15, -0.1) is 0 Å². The molecule has 3 rings (SSSR count). The van der Waals surface area contributed by atoms with E-state index in [1.807, 2.05) is 0 Å². The molecule has 0 saturated heterocycles. The summed E-state index contributed by atoms with van der Waals surface area (Å²) >= 11 is 0. The highest BCUT2D eigenvalue weighted by atomic mass is 16.1. The van der Waals surface area contributed by atoms with Crippen LogP contribution in [0.5, 0.6) is 0 Å². The van der Waals surface area contributed by atoms with Gasteiger partial charge < -0.3 is 4.57 Å². The number of hydrogen-bond acceptors (Lipinski definition) is 2. The summed E-state index contributed by atoms with van der Waals surface area (Å²) in [5, 5.41) is 3.08. The van der Waals surface area contributed by atoms with Crippen molar-refractivity contribution in [3.05, 3.63) is 23.8 Å². The summed E-state index contributed by atoms with van der Waals surface area (Å²) in [6.07, 6.45) is 5.21. The summed E-state index contributed by atoms with van der Waals surface area (Å²) in [6.45, 7) is 10.7. The highest BCUT2D eigenvalue weighted by molar-refractivity contribution is 5.92. The average Bonchev–Trinajstić information content (AvgIpc) is 2.80. The number of fused-ring (bicyclic) bond motifs is 1. The molecule has 0 radical (unpaired) electrons. The maximum absolute atomic E-state index is 12.4. The van der Waals surface area contributed by atoms with Crippen LogP contribution >= 0.6 is 0 Å². The number of anilines is 1. The highest BCUT2D eigenvalue weighted by Gasteiger charge is 2.26. The molecule has 4 heteroatoms. The first kappa shape index (κ1) is 18.0. The molecule has 1 aromatic heterocycles. The Morgan fingerprint density at radius 2 is 2.08 bits per heavy atom. The number of imidazole rings is 1. The zero-order valence-electron chi connectivity index (χ0n) is 16.2. The quantitative estimate of drug-likeness (QED) is 0.764. The third-order valence-corrected chi connectivity index (χ3v) is 5.28. The van der Waals surface area contributed by atoms with Gasteiger partial charge in [0, 0.05) is 12.5 Å². The van der Waals surface area contributed by atoms with Crippen LogP contribution in [-0.2, 0) is 4.79 Å². The van der Waals surface area contributed by atoms with Crippen LogP contribution in [0.15, 0.2) is 18.2 Å². The predicted octanol–water partition coefficient (Wildman–Crippen LogP) is 5.65. The summed E-state index contributed by atoms with van der Waals surface area (Å²) in [6, 6.07) is 7.01. The van der Waals surface area contributed by atoms with Crippen molar-refractivity contribution in [1.29, 1.82) is 0 Å². The second-order valence-electron chi connectivity index (χ2n) is 8.73. The molecule has 136 valence electrons. The number of aromatic nitrogens is 2. The van der Waals surface area contributed by atoms with Crippen molar-refractivity contribution >= 4 is 22.9 Å². The molecule has 0 aliphatic heterocycles. The first-order chi connectivity index (χ1) is 11.8. The molecule has 0 bridgehead atoms. The predicted molar refractivity (Wildman–Crippen MR) is 104 cm³/mol. The Morgan fingerprint density at radius 3 is 2.64 bits per heavy atom. The van der Waals surface area contributed by atoms with Gasteiger partial charge in [-0.25, -0.2) is 4.98 Å². The van der Waals surface area contributed by atoms with Crippen molar-refractivity contribution in [3.8, 4) is 0 Å². The van der Waals surface area contributed by atoms with Gasteiger partial charge in [0.05, 0.1) is 11.0 Å². The highest BCUT2D eigenvalue weighted by Crippen LogP contribution is 2.38. The number of nitrogens with one attached hydrogen (secondary N) is 1. The van der Waals surface area contributed by atoms with Crippen LogP contribution in [0.1, 0.15) is 84.2 Å². The van der Waals surface area contributed by atoms with Gasteiger partial charge in [-0.05, 0) is 54.7 Å². The second-order valence-corrected chi connectivity index (χ2v) is 8.73. The fraction of sp³-hybridized carbons (Fsp3) is 0.619. The van der Waals surface area contributed by atoms with Gasteiger partial charge in [0.25, 0.3) is 0 Å². The fourth-order valence-electron chi connectivity index (χ4n) is 3.41. The first-order valence-corrected chi connectivity index (χ1v) is 9.60. The summed E-state index contributed by atoms with van der Waals surface area (Å²) in [5.74, 6) is 1.30. The zero-order chi connectivity index (χ0) is 18.2. The summed E-state index contributed by atoms with van der Waals surface area (Å²) in [5.41, 5.74) is 3.46. The van der Waals surface area contributed by atoms with Crippen molar-refractivity contribution < 1.29 is 4.79 Å².